The number of ether oxygens (including phenoxy) is 2. The molecule has 0 radical (unpaired) electrons. The molecule has 124 valence electrons. The molecule has 0 aliphatic carbocycles. The van der Waals surface area contributed by atoms with Crippen molar-refractivity contribution in [3.63, 3.8) is 0 Å². The number of carbonyl (C=O) groups is 1. The Morgan fingerprint density at radius 1 is 1.35 bits per heavy atom. The molecular formula is C16H21N3O3S. The molecule has 1 atom stereocenters. The Morgan fingerprint density at radius 3 is 2.70 bits per heavy atom. The van der Waals surface area contributed by atoms with Gasteiger partial charge in [0.05, 0.1) is 25.6 Å². The van der Waals surface area contributed by atoms with Crippen LogP contribution in [0.1, 0.15) is 19.0 Å². The summed E-state index contributed by atoms with van der Waals surface area (Å²) in [5.41, 5.74) is 1.60. The quantitative estimate of drug-likeness (QED) is 0.812. The van der Waals surface area contributed by atoms with Gasteiger partial charge >= 0.3 is 0 Å². The summed E-state index contributed by atoms with van der Waals surface area (Å²) in [6.45, 7) is 3.83. The number of carbonyl (C=O) groups excluding carboxylic acids is 1. The SMILES string of the molecule is CC[C@H](Nc1cc(OC)ccc1OC)C(=O)Nc1nc(C)cs1. The number of methoxy groups -OCH3 is 2. The average Bonchev–Trinajstić information content (AvgIpc) is 2.97. The van der Waals surface area contributed by atoms with Crippen LogP contribution >= 0.6 is 11.3 Å². The highest BCUT2D eigenvalue weighted by Crippen LogP contribution is 2.30. The first-order valence-corrected chi connectivity index (χ1v) is 8.16. The fourth-order valence-electron chi connectivity index (χ4n) is 2.07. The van der Waals surface area contributed by atoms with Crippen LogP contribution in [0.3, 0.4) is 0 Å². The van der Waals surface area contributed by atoms with Crippen LogP contribution in [-0.4, -0.2) is 31.2 Å². The summed E-state index contributed by atoms with van der Waals surface area (Å²) in [4.78, 5) is 16.7. The first kappa shape index (κ1) is 17.1. The van der Waals surface area contributed by atoms with Gasteiger partial charge in [-0.05, 0) is 25.5 Å². The Morgan fingerprint density at radius 2 is 2.13 bits per heavy atom. The van der Waals surface area contributed by atoms with E-state index in [0.29, 0.717) is 28.7 Å². The van der Waals surface area contributed by atoms with E-state index in [1.165, 1.54) is 11.3 Å². The largest absolute Gasteiger partial charge is 0.497 e. The predicted octanol–water partition coefficient (Wildman–Crippen LogP) is 3.30. The number of nitrogens with zero attached hydrogens (tertiary/aromatic N) is 1. The van der Waals surface area contributed by atoms with Crippen molar-refractivity contribution >= 4 is 28.1 Å². The number of benzene rings is 1. The second kappa shape index (κ2) is 7.82. The van der Waals surface area contributed by atoms with E-state index in [-0.39, 0.29) is 5.91 Å². The van der Waals surface area contributed by atoms with Gasteiger partial charge in [-0.3, -0.25) is 4.79 Å². The molecule has 2 rings (SSSR count). The molecule has 0 saturated carbocycles. The summed E-state index contributed by atoms with van der Waals surface area (Å²) in [6, 6.07) is 5.02. The molecule has 0 aliphatic rings. The highest BCUT2D eigenvalue weighted by Gasteiger charge is 2.19. The van der Waals surface area contributed by atoms with Gasteiger partial charge in [-0.15, -0.1) is 11.3 Å². The van der Waals surface area contributed by atoms with Gasteiger partial charge in [0, 0.05) is 11.4 Å². The molecule has 23 heavy (non-hydrogen) atoms. The Balaban J connectivity index is 2.13. The number of aryl methyl sites for hydroxylation is 1. The third kappa shape index (κ3) is 4.35. The number of nitrogens with one attached hydrogen (secondary N) is 2. The van der Waals surface area contributed by atoms with Crippen molar-refractivity contribution in [3.8, 4) is 11.5 Å². The van der Waals surface area contributed by atoms with Gasteiger partial charge in [-0.25, -0.2) is 4.98 Å². The number of aromatic nitrogens is 1. The minimum Gasteiger partial charge on any atom is -0.497 e. The lowest BCUT2D eigenvalue weighted by Gasteiger charge is -2.19. The van der Waals surface area contributed by atoms with Crippen LogP contribution in [0.2, 0.25) is 0 Å². The fraction of sp³-hybridized carbons (Fsp3) is 0.375. The first-order valence-electron chi connectivity index (χ1n) is 7.29. The molecular weight excluding hydrogens is 314 g/mol. The summed E-state index contributed by atoms with van der Waals surface area (Å²) < 4.78 is 10.6. The molecule has 1 aromatic heterocycles. The molecule has 0 unspecified atom stereocenters. The normalized spacial score (nSPS) is 11.7. The number of hydrogen-bond donors (Lipinski definition) is 2. The molecule has 7 heteroatoms. The van der Waals surface area contributed by atoms with E-state index in [1.807, 2.05) is 31.4 Å². The topological polar surface area (TPSA) is 72.5 Å². The minimum absolute atomic E-state index is 0.133. The van der Waals surface area contributed by atoms with E-state index >= 15 is 0 Å². The lowest BCUT2D eigenvalue weighted by molar-refractivity contribution is -0.116. The molecule has 2 N–H and O–H groups in total. The molecule has 0 fully saturated rings. The summed E-state index contributed by atoms with van der Waals surface area (Å²) in [7, 11) is 3.19. The second-order valence-corrected chi connectivity index (χ2v) is 5.81. The second-order valence-electron chi connectivity index (χ2n) is 4.95. The third-order valence-corrected chi connectivity index (χ3v) is 4.19. The first-order chi connectivity index (χ1) is 11.1. The van der Waals surface area contributed by atoms with Gasteiger partial charge in [0.15, 0.2) is 5.13 Å². The Kier molecular flexibility index (Phi) is 5.81. The van der Waals surface area contributed by atoms with E-state index < -0.39 is 6.04 Å². The van der Waals surface area contributed by atoms with Gasteiger partial charge in [0.2, 0.25) is 5.91 Å². The van der Waals surface area contributed by atoms with Crippen LogP contribution in [0.4, 0.5) is 10.8 Å². The molecule has 0 spiro atoms. The molecule has 2 aromatic rings. The summed E-state index contributed by atoms with van der Waals surface area (Å²) in [5, 5.41) is 8.54. The lowest BCUT2D eigenvalue weighted by Crippen LogP contribution is -2.34. The van der Waals surface area contributed by atoms with Crippen LogP contribution in [0.15, 0.2) is 23.6 Å². The average molecular weight is 335 g/mol. The van der Waals surface area contributed by atoms with Crippen molar-refractivity contribution in [2.45, 2.75) is 26.3 Å². The number of rotatable bonds is 7. The molecule has 6 nitrogen and oxygen atoms in total. The monoisotopic (exact) mass is 335 g/mol. The van der Waals surface area contributed by atoms with Gasteiger partial charge < -0.3 is 20.1 Å². The number of hydrogen-bond acceptors (Lipinski definition) is 6. The third-order valence-electron chi connectivity index (χ3n) is 3.31. The van der Waals surface area contributed by atoms with Crippen molar-refractivity contribution in [3.05, 3.63) is 29.3 Å². The maximum atomic E-state index is 12.4. The molecule has 1 heterocycles. The fourth-order valence-corrected chi connectivity index (χ4v) is 2.76. The molecule has 1 amide bonds. The van der Waals surface area contributed by atoms with Crippen molar-refractivity contribution < 1.29 is 14.3 Å². The maximum absolute atomic E-state index is 12.4. The maximum Gasteiger partial charge on any atom is 0.248 e. The van der Waals surface area contributed by atoms with E-state index in [4.69, 9.17) is 9.47 Å². The van der Waals surface area contributed by atoms with Crippen molar-refractivity contribution in [2.75, 3.05) is 24.9 Å². The van der Waals surface area contributed by atoms with E-state index in [9.17, 15) is 4.79 Å². The summed E-state index contributed by atoms with van der Waals surface area (Å²) in [6.07, 6.45) is 0.622. The highest BCUT2D eigenvalue weighted by molar-refractivity contribution is 7.13. The van der Waals surface area contributed by atoms with Crippen molar-refractivity contribution in [1.82, 2.24) is 4.98 Å². The van der Waals surface area contributed by atoms with E-state index in [2.05, 4.69) is 15.6 Å². The minimum atomic E-state index is -0.403. The van der Waals surface area contributed by atoms with Crippen LogP contribution in [0, 0.1) is 6.92 Å². The Labute approximate surface area is 139 Å². The van der Waals surface area contributed by atoms with Crippen molar-refractivity contribution in [2.24, 2.45) is 0 Å². The van der Waals surface area contributed by atoms with E-state index in [0.717, 1.165) is 5.69 Å². The lowest BCUT2D eigenvalue weighted by atomic mass is 10.2. The van der Waals surface area contributed by atoms with Crippen LogP contribution < -0.4 is 20.1 Å². The number of amides is 1. The van der Waals surface area contributed by atoms with E-state index in [1.54, 1.807) is 20.3 Å². The smallest absolute Gasteiger partial charge is 0.248 e. The molecule has 1 aromatic carbocycles. The molecule has 0 aliphatic heterocycles. The van der Waals surface area contributed by atoms with Gasteiger partial charge in [0.25, 0.3) is 0 Å². The van der Waals surface area contributed by atoms with Crippen molar-refractivity contribution in [1.29, 1.82) is 0 Å². The standard InChI is InChI=1S/C16H21N3O3S/c1-5-12(15(20)19-16-17-10(2)9-23-16)18-13-8-11(21-3)6-7-14(13)22-4/h6-9,12,18H,5H2,1-4H3,(H,17,19,20)/t12-/m0/s1. The zero-order valence-electron chi connectivity index (χ0n) is 13.7. The van der Waals surface area contributed by atoms with Crippen LogP contribution in [0.5, 0.6) is 11.5 Å². The van der Waals surface area contributed by atoms with Gasteiger partial charge in [-0.2, -0.15) is 0 Å². The number of thiazole rings is 1. The summed E-state index contributed by atoms with van der Waals surface area (Å²) in [5.74, 6) is 1.22. The van der Waals surface area contributed by atoms with Crippen LogP contribution in [-0.2, 0) is 4.79 Å². The zero-order chi connectivity index (χ0) is 16.8. The number of anilines is 2. The highest BCUT2D eigenvalue weighted by atomic mass is 32.1. The Bertz CT molecular complexity index is 672. The summed E-state index contributed by atoms with van der Waals surface area (Å²) >= 11 is 1.41. The van der Waals surface area contributed by atoms with Gasteiger partial charge in [0.1, 0.15) is 17.5 Å². The van der Waals surface area contributed by atoms with Crippen LogP contribution in [0.25, 0.3) is 0 Å². The molecule has 0 saturated heterocycles. The molecule has 0 bridgehead atoms. The Hall–Kier alpha value is -2.28. The zero-order valence-corrected chi connectivity index (χ0v) is 14.5. The predicted molar refractivity (Wildman–Crippen MR) is 92.7 cm³/mol. The van der Waals surface area contributed by atoms with Gasteiger partial charge in [-0.1, -0.05) is 6.92 Å².